The molecule has 0 bridgehead atoms. The molecule has 0 spiro atoms. The third kappa shape index (κ3) is 2.31. The quantitative estimate of drug-likeness (QED) is 0.678. The zero-order valence-electron chi connectivity index (χ0n) is 13.8. The lowest BCUT2D eigenvalue weighted by Crippen LogP contribution is -2.31. The van der Waals surface area contributed by atoms with E-state index in [1.165, 1.54) is 0 Å². The molecule has 0 atom stereocenters. The minimum Gasteiger partial charge on any atom is -0.464 e. The number of carbonyl (C=O) groups excluding carboxylic acids is 1. The van der Waals surface area contributed by atoms with Crippen molar-refractivity contribution in [3.63, 3.8) is 0 Å². The highest BCUT2D eigenvalue weighted by molar-refractivity contribution is 5.96. The minimum atomic E-state index is -0.435. The molecule has 3 heterocycles. The lowest BCUT2D eigenvalue weighted by atomic mass is 10.0. The Bertz CT molecular complexity index is 1010. The van der Waals surface area contributed by atoms with E-state index in [1.807, 2.05) is 24.8 Å². The maximum absolute atomic E-state index is 12.4. The van der Waals surface area contributed by atoms with Crippen LogP contribution in [0.2, 0.25) is 0 Å². The fourth-order valence-corrected chi connectivity index (χ4v) is 3.47. The first-order chi connectivity index (χ1) is 11.5. The first-order valence-corrected chi connectivity index (χ1v) is 8.26. The van der Waals surface area contributed by atoms with Gasteiger partial charge in [-0.3, -0.25) is 4.79 Å². The van der Waals surface area contributed by atoms with Gasteiger partial charge in [-0.25, -0.2) is 4.79 Å². The Labute approximate surface area is 138 Å². The molecule has 0 aliphatic carbocycles. The number of amides is 1. The van der Waals surface area contributed by atoms with E-state index in [9.17, 15) is 9.59 Å². The number of furan rings is 1. The molecule has 124 valence electrons. The Balaban J connectivity index is 1.83. The summed E-state index contributed by atoms with van der Waals surface area (Å²) in [5.74, 6) is 0.00261. The zero-order valence-corrected chi connectivity index (χ0v) is 13.8. The summed E-state index contributed by atoms with van der Waals surface area (Å²) < 4.78 is 10.9. The van der Waals surface area contributed by atoms with Crippen LogP contribution in [0, 0.1) is 13.8 Å². The summed E-state index contributed by atoms with van der Waals surface area (Å²) in [5.41, 5.74) is 3.07. The van der Waals surface area contributed by atoms with Crippen LogP contribution in [0.25, 0.3) is 21.9 Å². The van der Waals surface area contributed by atoms with Crippen LogP contribution in [0.3, 0.4) is 0 Å². The number of benzene rings is 1. The lowest BCUT2D eigenvalue weighted by Gasteiger charge is -2.15. The van der Waals surface area contributed by atoms with Gasteiger partial charge in [0, 0.05) is 29.9 Å². The number of nitrogens with zero attached hydrogens (tertiary/aromatic N) is 1. The third-order valence-electron chi connectivity index (χ3n) is 4.96. The van der Waals surface area contributed by atoms with Crippen LogP contribution in [-0.4, -0.2) is 23.9 Å². The predicted octanol–water partition coefficient (Wildman–Crippen LogP) is 3.32. The molecule has 1 saturated heterocycles. The topological polar surface area (TPSA) is 63.7 Å². The standard InChI is InChI=1S/C19H19NO4/c1-11-10-23-16-9-17-14(7-13(11)16)12(2)15(19(22)24-17)8-18(21)20-5-3-4-6-20/h7,9-10H,3-6,8H2,1-2H3. The average Bonchev–Trinajstić information content (AvgIpc) is 3.20. The van der Waals surface area contributed by atoms with Crippen molar-refractivity contribution in [3.8, 4) is 0 Å². The van der Waals surface area contributed by atoms with Crippen molar-refractivity contribution >= 4 is 27.8 Å². The fourth-order valence-electron chi connectivity index (χ4n) is 3.47. The van der Waals surface area contributed by atoms with Gasteiger partial charge in [-0.1, -0.05) is 0 Å². The highest BCUT2D eigenvalue weighted by atomic mass is 16.4. The van der Waals surface area contributed by atoms with E-state index < -0.39 is 5.63 Å². The Hall–Kier alpha value is -2.56. The Kier molecular flexibility index (Phi) is 3.44. The number of hydrogen-bond acceptors (Lipinski definition) is 4. The van der Waals surface area contributed by atoms with Gasteiger partial charge in [-0.05, 0) is 43.9 Å². The Morgan fingerprint density at radius 2 is 1.88 bits per heavy atom. The summed E-state index contributed by atoms with van der Waals surface area (Å²) in [6.07, 6.45) is 3.87. The molecule has 0 unspecified atom stereocenters. The zero-order chi connectivity index (χ0) is 16.8. The van der Waals surface area contributed by atoms with E-state index in [1.54, 1.807) is 12.3 Å². The summed E-state index contributed by atoms with van der Waals surface area (Å²) in [5, 5.41) is 1.85. The van der Waals surface area contributed by atoms with Gasteiger partial charge in [0.2, 0.25) is 5.91 Å². The van der Waals surface area contributed by atoms with E-state index in [0.29, 0.717) is 16.7 Å². The van der Waals surface area contributed by atoms with E-state index >= 15 is 0 Å². The van der Waals surface area contributed by atoms with Crippen molar-refractivity contribution in [2.45, 2.75) is 33.1 Å². The number of likely N-dealkylation sites (tertiary alicyclic amines) is 1. The van der Waals surface area contributed by atoms with Crippen molar-refractivity contribution in [2.24, 2.45) is 0 Å². The molecule has 3 aromatic rings. The van der Waals surface area contributed by atoms with Crippen LogP contribution in [0.1, 0.15) is 29.5 Å². The second-order valence-electron chi connectivity index (χ2n) is 6.52. The molecule has 1 fully saturated rings. The van der Waals surface area contributed by atoms with Crippen LogP contribution in [0.5, 0.6) is 0 Å². The predicted molar refractivity (Wildman–Crippen MR) is 91.2 cm³/mol. The molecule has 4 rings (SSSR count). The van der Waals surface area contributed by atoms with E-state index in [-0.39, 0.29) is 12.3 Å². The van der Waals surface area contributed by atoms with Gasteiger partial charge >= 0.3 is 5.63 Å². The first kappa shape index (κ1) is 15.0. The number of carbonyl (C=O) groups is 1. The molecule has 5 heteroatoms. The highest BCUT2D eigenvalue weighted by Crippen LogP contribution is 2.29. The molecule has 0 saturated carbocycles. The average molecular weight is 325 g/mol. The Morgan fingerprint density at radius 1 is 1.12 bits per heavy atom. The number of rotatable bonds is 2. The second-order valence-corrected chi connectivity index (χ2v) is 6.52. The summed E-state index contributed by atoms with van der Waals surface area (Å²) >= 11 is 0. The van der Waals surface area contributed by atoms with Crippen molar-refractivity contribution < 1.29 is 13.6 Å². The van der Waals surface area contributed by atoms with Gasteiger partial charge < -0.3 is 13.7 Å². The van der Waals surface area contributed by atoms with Gasteiger partial charge in [-0.2, -0.15) is 0 Å². The summed E-state index contributed by atoms with van der Waals surface area (Å²) in [7, 11) is 0. The lowest BCUT2D eigenvalue weighted by molar-refractivity contribution is -0.129. The molecule has 1 aliphatic rings. The van der Waals surface area contributed by atoms with E-state index in [4.69, 9.17) is 8.83 Å². The van der Waals surface area contributed by atoms with Crippen LogP contribution < -0.4 is 5.63 Å². The van der Waals surface area contributed by atoms with Gasteiger partial charge in [0.15, 0.2) is 0 Å². The van der Waals surface area contributed by atoms with Crippen LogP contribution in [0.4, 0.5) is 0 Å². The highest BCUT2D eigenvalue weighted by Gasteiger charge is 2.22. The Morgan fingerprint density at radius 3 is 2.62 bits per heavy atom. The van der Waals surface area contributed by atoms with Crippen LogP contribution in [-0.2, 0) is 11.2 Å². The van der Waals surface area contributed by atoms with Crippen molar-refractivity contribution in [2.75, 3.05) is 13.1 Å². The van der Waals surface area contributed by atoms with Gasteiger partial charge in [0.1, 0.15) is 11.2 Å². The van der Waals surface area contributed by atoms with Crippen LogP contribution >= 0.6 is 0 Å². The molecule has 1 aliphatic heterocycles. The molecule has 1 aromatic carbocycles. The molecule has 0 N–H and O–H groups in total. The summed E-state index contributed by atoms with van der Waals surface area (Å²) in [4.78, 5) is 26.6. The SMILES string of the molecule is Cc1coc2cc3oc(=O)c(CC(=O)N4CCCC4)c(C)c3cc12. The third-order valence-corrected chi connectivity index (χ3v) is 4.96. The normalized spacial score (nSPS) is 14.8. The molecule has 2 aromatic heterocycles. The number of fused-ring (bicyclic) bond motifs is 2. The van der Waals surface area contributed by atoms with Crippen LogP contribution in [0.15, 0.2) is 32.0 Å². The van der Waals surface area contributed by atoms with Gasteiger partial charge in [0.25, 0.3) is 0 Å². The van der Waals surface area contributed by atoms with Crippen molar-refractivity contribution in [3.05, 3.63) is 45.5 Å². The monoisotopic (exact) mass is 325 g/mol. The smallest absolute Gasteiger partial charge is 0.340 e. The fraction of sp³-hybridized carbons (Fsp3) is 0.368. The minimum absolute atomic E-state index is 0.00261. The molecule has 24 heavy (non-hydrogen) atoms. The second kappa shape index (κ2) is 5.51. The molecule has 1 amide bonds. The largest absolute Gasteiger partial charge is 0.464 e. The van der Waals surface area contributed by atoms with Gasteiger partial charge in [-0.15, -0.1) is 0 Å². The number of aryl methyl sites for hydroxylation is 2. The molecular formula is C19H19NO4. The molecule has 5 nitrogen and oxygen atoms in total. The maximum Gasteiger partial charge on any atom is 0.340 e. The maximum atomic E-state index is 12.4. The van der Waals surface area contributed by atoms with Gasteiger partial charge in [0.05, 0.1) is 18.2 Å². The first-order valence-electron chi connectivity index (χ1n) is 8.26. The van der Waals surface area contributed by atoms with Crippen molar-refractivity contribution in [1.82, 2.24) is 4.90 Å². The molecular weight excluding hydrogens is 306 g/mol. The summed E-state index contributed by atoms with van der Waals surface area (Å²) in [6.45, 7) is 5.42. The van der Waals surface area contributed by atoms with E-state index in [2.05, 4.69) is 0 Å². The molecule has 0 radical (unpaired) electrons. The van der Waals surface area contributed by atoms with Crippen molar-refractivity contribution in [1.29, 1.82) is 0 Å². The summed E-state index contributed by atoms with van der Waals surface area (Å²) in [6, 6.07) is 3.73. The van der Waals surface area contributed by atoms with E-state index in [0.717, 1.165) is 47.8 Å². The number of hydrogen-bond donors (Lipinski definition) is 0.